The van der Waals surface area contributed by atoms with Gasteiger partial charge in [0.1, 0.15) is 24.0 Å². The zero-order valence-corrected chi connectivity index (χ0v) is 15.6. The lowest BCUT2D eigenvalue weighted by molar-refractivity contribution is -0.123. The molecule has 0 bridgehead atoms. The Morgan fingerprint density at radius 2 is 1.80 bits per heavy atom. The number of carbonyl (C=O) groups excluding carboxylic acids is 3. The second kappa shape index (κ2) is 7.41. The summed E-state index contributed by atoms with van der Waals surface area (Å²) in [6, 6.07) is 3.47. The first-order valence-electron chi connectivity index (χ1n) is 8.51. The van der Waals surface area contributed by atoms with Crippen molar-refractivity contribution in [3.8, 4) is 0 Å². The molecule has 0 aromatic heterocycles. The van der Waals surface area contributed by atoms with Crippen LogP contribution in [0.5, 0.6) is 0 Å². The van der Waals surface area contributed by atoms with Crippen LogP contribution >= 0.6 is 11.6 Å². The van der Waals surface area contributed by atoms with Crippen LogP contribution in [0.1, 0.15) is 0 Å². The number of hydrogen-bond acceptors (Lipinski definition) is 6. The van der Waals surface area contributed by atoms with Crippen LogP contribution in [-0.2, 0) is 14.4 Å². The molecule has 0 aliphatic carbocycles. The van der Waals surface area contributed by atoms with Gasteiger partial charge in [-0.3, -0.25) is 19.4 Å². The van der Waals surface area contributed by atoms with Gasteiger partial charge in [-0.25, -0.2) is 18.1 Å². The van der Waals surface area contributed by atoms with Crippen LogP contribution in [0, 0.1) is 17.5 Å². The number of halogens is 4. The highest BCUT2D eigenvalue weighted by molar-refractivity contribution is 6.32. The van der Waals surface area contributed by atoms with Crippen LogP contribution in [0.3, 0.4) is 0 Å². The topological polar surface area (TPSA) is 94.4 Å². The van der Waals surface area contributed by atoms with Crippen molar-refractivity contribution in [3.63, 3.8) is 0 Å². The molecule has 0 spiro atoms. The zero-order valence-electron chi connectivity index (χ0n) is 14.9. The summed E-state index contributed by atoms with van der Waals surface area (Å²) in [6.07, 6.45) is 0. The minimum Gasteiger partial charge on any atom is -0.322 e. The van der Waals surface area contributed by atoms with E-state index in [1.54, 1.807) is 0 Å². The third-order valence-corrected chi connectivity index (χ3v) is 4.82. The fraction of sp³-hybridized carbons (Fsp3) is 0.167. The number of benzene rings is 2. The van der Waals surface area contributed by atoms with E-state index >= 15 is 0 Å². The van der Waals surface area contributed by atoms with E-state index in [0.717, 1.165) is 40.2 Å². The van der Waals surface area contributed by atoms with Crippen molar-refractivity contribution in [2.75, 3.05) is 16.8 Å². The molecule has 30 heavy (non-hydrogen) atoms. The lowest BCUT2D eigenvalue weighted by atomic mass is 10.1. The fourth-order valence-electron chi connectivity index (χ4n) is 3.16. The molecular weight excluding hydrogens is 427 g/mol. The molecule has 2 aliphatic rings. The van der Waals surface area contributed by atoms with Crippen LogP contribution in [0.25, 0.3) is 0 Å². The Morgan fingerprint density at radius 1 is 1.07 bits per heavy atom. The van der Waals surface area contributed by atoms with E-state index in [4.69, 9.17) is 11.6 Å². The predicted octanol–water partition coefficient (Wildman–Crippen LogP) is 2.69. The van der Waals surface area contributed by atoms with Crippen LogP contribution in [0.4, 0.5) is 24.5 Å². The molecular formula is C18H11ClF3N5O3. The molecule has 4 rings (SSSR count). The van der Waals surface area contributed by atoms with Gasteiger partial charge >= 0.3 is 0 Å². The van der Waals surface area contributed by atoms with Crippen LogP contribution in [0.15, 0.2) is 46.7 Å². The van der Waals surface area contributed by atoms with Crippen molar-refractivity contribution < 1.29 is 27.6 Å². The summed E-state index contributed by atoms with van der Waals surface area (Å²) >= 11 is 5.72. The normalized spacial score (nSPS) is 20.1. The van der Waals surface area contributed by atoms with E-state index in [9.17, 15) is 27.6 Å². The number of fused-ring (bicyclic) bond motifs is 1. The van der Waals surface area contributed by atoms with E-state index in [1.807, 2.05) is 0 Å². The number of amides is 3. The van der Waals surface area contributed by atoms with Gasteiger partial charge in [-0.1, -0.05) is 16.8 Å². The molecule has 2 heterocycles. The van der Waals surface area contributed by atoms with Gasteiger partial charge in [0.25, 0.3) is 11.8 Å². The predicted molar refractivity (Wildman–Crippen MR) is 98.0 cm³/mol. The zero-order chi connectivity index (χ0) is 21.6. The quantitative estimate of drug-likeness (QED) is 0.744. The summed E-state index contributed by atoms with van der Waals surface area (Å²) in [6.45, 7) is -0.544. The van der Waals surface area contributed by atoms with E-state index in [0.29, 0.717) is 0 Å². The molecule has 1 fully saturated rings. The maximum absolute atomic E-state index is 13.7. The van der Waals surface area contributed by atoms with Crippen molar-refractivity contribution in [2.24, 2.45) is 10.3 Å². The summed E-state index contributed by atoms with van der Waals surface area (Å²) in [7, 11) is 0. The first-order chi connectivity index (χ1) is 14.3. The van der Waals surface area contributed by atoms with Gasteiger partial charge in [-0.05, 0) is 30.3 Å². The Balaban J connectivity index is 1.51. The van der Waals surface area contributed by atoms with Crippen LogP contribution in [0.2, 0.25) is 5.02 Å². The molecule has 8 nitrogen and oxygen atoms in total. The second-order valence-corrected chi connectivity index (χ2v) is 6.88. The van der Waals surface area contributed by atoms with Crippen molar-refractivity contribution in [1.29, 1.82) is 0 Å². The van der Waals surface area contributed by atoms with Gasteiger partial charge in [0.05, 0.1) is 16.4 Å². The monoisotopic (exact) mass is 437 g/mol. The molecule has 2 atom stereocenters. The lowest BCUT2D eigenvalue weighted by Crippen LogP contribution is -2.43. The van der Waals surface area contributed by atoms with Gasteiger partial charge in [-0.2, -0.15) is 5.11 Å². The van der Waals surface area contributed by atoms with E-state index in [1.165, 1.54) is 6.07 Å². The standard InChI is InChI=1S/C18H11ClF3N5O3/c19-10-6-9(2-4-11(10)21)27-17(29)15-16(18(27)30)26(25-24-15)7-14(28)23-13-5-8(20)1-3-12(13)22/h1-6,15-16H,7H2,(H,23,28)/t15-,16+/m1/s1. The number of hydrogen-bond donors (Lipinski definition) is 1. The highest BCUT2D eigenvalue weighted by Gasteiger charge is 2.55. The van der Waals surface area contributed by atoms with Gasteiger partial charge in [0.2, 0.25) is 5.91 Å². The molecule has 1 N–H and O–H groups in total. The first-order valence-corrected chi connectivity index (χ1v) is 8.89. The Kier molecular flexibility index (Phi) is 4.90. The molecule has 2 aliphatic heterocycles. The number of carbonyl (C=O) groups is 3. The number of nitrogens with one attached hydrogen (secondary N) is 1. The summed E-state index contributed by atoms with van der Waals surface area (Å²) < 4.78 is 40.3. The smallest absolute Gasteiger partial charge is 0.263 e. The number of imide groups is 1. The van der Waals surface area contributed by atoms with Gasteiger partial charge in [-0.15, -0.1) is 0 Å². The van der Waals surface area contributed by atoms with Gasteiger partial charge in [0.15, 0.2) is 12.1 Å². The Bertz CT molecular complexity index is 1110. The number of rotatable bonds is 4. The minimum atomic E-state index is -1.20. The largest absolute Gasteiger partial charge is 0.322 e. The molecule has 3 amide bonds. The fourth-order valence-corrected chi connectivity index (χ4v) is 3.34. The van der Waals surface area contributed by atoms with Gasteiger partial charge < -0.3 is 5.32 Å². The highest BCUT2D eigenvalue weighted by Crippen LogP contribution is 2.33. The third kappa shape index (κ3) is 3.36. The molecule has 2 aromatic carbocycles. The lowest BCUT2D eigenvalue weighted by Gasteiger charge is -2.20. The van der Waals surface area contributed by atoms with Crippen LogP contribution < -0.4 is 10.2 Å². The Labute approximate surface area is 171 Å². The summed E-state index contributed by atoms with van der Waals surface area (Å²) in [4.78, 5) is 38.4. The summed E-state index contributed by atoms with van der Waals surface area (Å²) in [5.74, 6) is -4.57. The van der Waals surface area contributed by atoms with Gasteiger partial charge in [0, 0.05) is 6.07 Å². The second-order valence-electron chi connectivity index (χ2n) is 6.47. The SMILES string of the molecule is O=C(CN1N=N[C@H]2C(=O)N(c3ccc(F)c(Cl)c3)C(=O)[C@H]21)Nc1cc(F)ccc1F. The van der Waals surface area contributed by atoms with E-state index < -0.39 is 53.8 Å². The Hall–Kier alpha value is -3.47. The maximum Gasteiger partial charge on any atom is 0.263 e. The average Bonchev–Trinajstić information content (AvgIpc) is 3.21. The summed E-state index contributed by atoms with van der Waals surface area (Å²) in [5.41, 5.74) is -0.337. The molecule has 0 saturated carbocycles. The van der Waals surface area contributed by atoms with E-state index in [2.05, 4.69) is 15.7 Å². The number of anilines is 2. The molecule has 12 heteroatoms. The number of nitrogens with zero attached hydrogens (tertiary/aromatic N) is 4. The molecule has 0 unspecified atom stereocenters. The van der Waals surface area contributed by atoms with Crippen molar-refractivity contribution in [3.05, 3.63) is 58.9 Å². The van der Waals surface area contributed by atoms with Crippen molar-refractivity contribution >= 4 is 40.7 Å². The molecule has 0 radical (unpaired) electrons. The molecule has 1 saturated heterocycles. The molecule has 2 aromatic rings. The van der Waals surface area contributed by atoms with E-state index in [-0.39, 0.29) is 16.4 Å². The van der Waals surface area contributed by atoms with Crippen LogP contribution in [-0.4, -0.2) is 41.4 Å². The highest BCUT2D eigenvalue weighted by atomic mass is 35.5. The average molecular weight is 438 g/mol. The first kappa shape index (κ1) is 19.8. The van der Waals surface area contributed by atoms with Crippen molar-refractivity contribution in [2.45, 2.75) is 12.1 Å². The maximum atomic E-state index is 13.7. The third-order valence-electron chi connectivity index (χ3n) is 4.53. The summed E-state index contributed by atoms with van der Waals surface area (Å²) in [5, 5.41) is 10.3. The minimum absolute atomic E-state index is 0.0484. The van der Waals surface area contributed by atoms with Crippen molar-refractivity contribution in [1.82, 2.24) is 5.01 Å². The Morgan fingerprint density at radius 3 is 2.53 bits per heavy atom. The molecule has 154 valence electrons.